The molecule has 0 saturated heterocycles. The summed E-state index contributed by atoms with van der Waals surface area (Å²) in [6.45, 7) is 0. The van der Waals surface area contributed by atoms with Crippen LogP contribution in [0.1, 0.15) is 0 Å². The van der Waals surface area contributed by atoms with Crippen LogP contribution in [0.4, 0.5) is 0 Å². The van der Waals surface area contributed by atoms with Crippen molar-refractivity contribution in [3.8, 4) is 56.3 Å². The molecule has 0 saturated carbocycles. The van der Waals surface area contributed by atoms with Crippen molar-refractivity contribution in [2.75, 3.05) is 0 Å². The number of rotatable bonds is 5. The number of nitrogens with zero attached hydrogens (tertiary/aromatic N) is 6. The van der Waals surface area contributed by atoms with Crippen LogP contribution in [0.3, 0.4) is 0 Å². The highest BCUT2D eigenvalue weighted by molar-refractivity contribution is 6.03. The number of aromatic nitrogens is 6. The molecule has 0 radical (unpaired) electrons. The Hall–Kier alpha value is -7.18. The van der Waals surface area contributed by atoms with E-state index in [1.54, 1.807) is 0 Å². The van der Waals surface area contributed by atoms with Crippen molar-refractivity contribution in [1.82, 2.24) is 29.9 Å². The van der Waals surface area contributed by atoms with Gasteiger partial charge < -0.3 is 0 Å². The molecule has 6 heterocycles. The molecule has 0 N–H and O–H groups in total. The van der Waals surface area contributed by atoms with Gasteiger partial charge in [-0.15, -0.1) is 0 Å². The SMILES string of the molecule is c1ccc(-c2cc(-c3ccc4ccc(-c5ccc6ccc(-c7ccc8ccc9cccnc9c8n7)nc6c5)nc4c3)cc(-c3ccccn3)c2)nc1. The summed E-state index contributed by atoms with van der Waals surface area (Å²) in [5.74, 6) is 0. The van der Waals surface area contributed by atoms with Crippen molar-refractivity contribution in [2.24, 2.45) is 0 Å². The summed E-state index contributed by atoms with van der Waals surface area (Å²) < 4.78 is 0. The molecule has 0 atom stereocenters. The van der Waals surface area contributed by atoms with Crippen molar-refractivity contribution < 1.29 is 0 Å². The predicted molar refractivity (Wildman–Crippen MR) is 210 cm³/mol. The van der Waals surface area contributed by atoms with Crippen LogP contribution in [0.15, 0.2) is 170 Å². The van der Waals surface area contributed by atoms with E-state index in [0.29, 0.717) is 0 Å². The summed E-state index contributed by atoms with van der Waals surface area (Å²) in [5, 5.41) is 4.25. The van der Waals surface area contributed by atoms with Gasteiger partial charge in [0.25, 0.3) is 0 Å². The molecule has 0 spiro atoms. The second kappa shape index (κ2) is 12.3. The molecule has 52 heavy (non-hydrogen) atoms. The van der Waals surface area contributed by atoms with Crippen LogP contribution in [0.25, 0.3) is 99.9 Å². The number of hydrogen-bond donors (Lipinski definition) is 0. The van der Waals surface area contributed by atoms with E-state index in [2.05, 4.69) is 112 Å². The zero-order valence-corrected chi connectivity index (χ0v) is 27.8. The Bertz CT molecular complexity index is 2900. The molecular weight excluding hydrogens is 637 g/mol. The fourth-order valence-electron chi connectivity index (χ4n) is 6.90. The van der Waals surface area contributed by atoms with Gasteiger partial charge in [0.05, 0.1) is 50.5 Å². The second-order valence-electron chi connectivity index (χ2n) is 12.8. The van der Waals surface area contributed by atoms with Gasteiger partial charge in [0, 0.05) is 56.8 Å². The van der Waals surface area contributed by atoms with E-state index in [0.717, 1.165) is 99.9 Å². The van der Waals surface area contributed by atoms with E-state index in [9.17, 15) is 0 Å². The molecule has 6 aromatic heterocycles. The third-order valence-electron chi connectivity index (χ3n) is 9.56. The summed E-state index contributed by atoms with van der Waals surface area (Å²) >= 11 is 0. The van der Waals surface area contributed by atoms with Gasteiger partial charge in [-0.2, -0.15) is 0 Å². The van der Waals surface area contributed by atoms with Gasteiger partial charge >= 0.3 is 0 Å². The maximum absolute atomic E-state index is 5.17. The fraction of sp³-hybridized carbons (Fsp3) is 0. The molecule has 6 nitrogen and oxygen atoms in total. The molecule has 0 bridgehead atoms. The first kappa shape index (κ1) is 29.7. The summed E-state index contributed by atoms with van der Waals surface area (Å²) in [6.07, 6.45) is 5.47. The van der Waals surface area contributed by atoms with Crippen LogP contribution < -0.4 is 0 Å². The van der Waals surface area contributed by atoms with E-state index >= 15 is 0 Å². The smallest absolute Gasteiger partial charge is 0.0972 e. The molecule has 0 aliphatic carbocycles. The molecule has 10 rings (SSSR count). The first-order chi connectivity index (χ1) is 25.7. The second-order valence-corrected chi connectivity index (χ2v) is 12.8. The lowest BCUT2D eigenvalue weighted by atomic mass is 9.96. The highest BCUT2D eigenvalue weighted by Gasteiger charge is 2.12. The first-order valence-corrected chi connectivity index (χ1v) is 17.2. The predicted octanol–water partition coefficient (Wildman–Crippen LogP) is 11.0. The minimum absolute atomic E-state index is 0.813. The average molecular weight is 665 g/mol. The zero-order chi connectivity index (χ0) is 34.4. The molecule has 0 aliphatic rings. The lowest BCUT2D eigenvalue weighted by molar-refractivity contribution is 1.31. The molecule has 4 aromatic carbocycles. The number of fused-ring (bicyclic) bond motifs is 5. The first-order valence-electron chi connectivity index (χ1n) is 17.2. The quantitative estimate of drug-likeness (QED) is 0.170. The fourth-order valence-corrected chi connectivity index (χ4v) is 6.90. The highest BCUT2D eigenvalue weighted by Crippen LogP contribution is 2.34. The molecule has 0 fully saturated rings. The summed E-state index contributed by atoms with van der Waals surface area (Å²) in [5.41, 5.74) is 13.1. The molecule has 0 amide bonds. The van der Waals surface area contributed by atoms with Crippen molar-refractivity contribution in [3.05, 3.63) is 170 Å². The molecule has 242 valence electrons. The number of hydrogen-bond acceptors (Lipinski definition) is 6. The van der Waals surface area contributed by atoms with E-state index in [1.165, 1.54) is 0 Å². The molecule has 6 heteroatoms. The van der Waals surface area contributed by atoms with Crippen LogP contribution in [-0.2, 0) is 0 Å². The Kier molecular flexibility index (Phi) is 7.03. The minimum atomic E-state index is 0.813. The Morgan fingerprint density at radius 3 is 1.48 bits per heavy atom. The normalized spacial score (nSPS) is 11.5. The number of pyridine rings is 6. The average Bonchev–Trinajstić information content (AvgIpc) is 3.23. The Labute approximate surface area is 299 Å². The van der Waals surface area contributed by atoms with Gasteiger partial charge in [0.15, 0.2) is 0 Å². The molecule has 0 unspecified atom stereocenters. The topological polar surface area (TPSA) is 77.3 Å². The Balaban J connectivity index is 1.03. The van der Waals surface area contributed by atoms with Gasteiger partial charge in [-0.1, -0.05) is 72.8 Å². The van der Waals surface area contributed by atoms with Gasteiger partial charge in [0.2, 0.25) is 0 Å². The lowest BCUT2D eigenvalue weighted by Gasteiger charge is -2.11. The van der Waals surface area contributed by atoms with Crippen molar-refractivity contribution in [1.29, 1.82) is 0 Å². The van der Waals surface area contributed by atoms with Crippen molar-refractivity contribution in [2.45, 2.75) is 0 Å². The van der Waals surface area contributed by atoms with Crippen LogP contribution in [0.5, 0.6) is 0 Å². The summed E-state index contributed by atoms with van der Waals surface area (Å²) in [7, 11) is 0. The van der Waals surface area contributed by atoms with Gasteiger partial charge in [0.1, 0.15) is 0 Å². The largest absolute Gasteiger partial charge is 0.256 e. The molecular formula is C46H28N6. The van der Waals surface area contributed by atoms with E-state index in [4.69, 9.17) is 15.0 Å². The van der Waals surface area contributed by atoms with Gasteiger partial charge in [-0.25, -0.2) is 15.0 Å². The standard InChI is InChI=1S/C46H28N6/c1-3-21-47-38(7-1)36-24-35(25-37(26-36)39-8-2-4-22-48-39)33-13-9-29-15-18-40(50-43(29)27-33)34-14-10-30-16-19-41(51-44(30)28-34)42-20-17-32-12-11-31-6-5-23-49-45(31)46(32)52-42/h1-28H. The summed E-state index contributed by atoms with van der Waals surface area (Å²) in [6, 6.07) is 52.0. The van der Waals surface area contributed by atoms with Crippen molar-refractivity contribution >= 4 is 43.6 Å². The van der Waals surface area contributed by atoms with E-state index in [-0.39, 0.29) is 0 Å². The van der Waals surface area contributed by atoms with Crippen LogP contribution in [0.2, 0.25) is 0 Å². The van der Waals surface area contributed by atoms with Gasteiger partial charge in [-0.05, 0) is 90.0 Å². The summed E-state index contributed by atoms with van der Waals surface area (Å²) in [4.78, 5) is 29.2. The van der Waals surface area contributed by atoms with E-state index < -0.39 is 0 Å². The van der Waals surface area contributed by atoms with Crippen LogP contribution in [0, 0.1) is 0 Å². The Morgan fingerprint density at radius 2 is 0.788 bits per heavy atom. The van der Waals surface area contributed by atoms with Crippen molar-refractivity contribution in [3.63, 3.8) is 0 Å². The maximum Gasteiger partial charge on any atom is 0.0972 e. The highest BCUT2D eigenvalue weighted by atomic mass is 14.8. The number of benzene rings is 4. The van der Waals surface area contributed by atoms with Crippen LogP contribution >= 0.6 is 0 Å². The van der Waals surface area contributed by atoms with Crippen LogP contribution in [-0.4, -0.2) is 29.9 Å². The third kappa shape index (κ3) is 5.39. The molecule has 10 aromatic rings. The van der Waals surface area contributed by atoms with Gasteiger partial charge in [-0.3, -0.25) is 15.0 Å². The molecule has 0 aliphatic heterocycles. The maximum atomic E-state index is 5.17. The monoisotopic (exact) mass is 664 g/mol. The zero-order valence-electron chi connectivity index (χ0n) is 27.8. The minimum Gasteiger partial charge on any atom is -0.256 e. The Morgan fingerprint density at radius 1 is 0.269 bits per heavy atom. The lowest BCUT2D eigenvalue weighted by Crippen LogP contribution is -1.92. The third-order valence-corrected chi connectivity index (χ3v) is 9.56. The van der Waals surface area contributed by atoms with E-state index in [1.807, 2.05) is 73.2 Å².